The molecule has 110 valence electrons. The fourth-order valence-corrected chi connectivity index (χ4v) is 1.95. The predicted octanol–water partition coefficient (Wildman–Crippen LogP) is 3.23. The first kappa shape index (κ1) is 14.6. The number of aryl methyl sites for hydroxylation is 1. The molecule has 2 aromatic rings. The zero-order valence-corrected chi connectivity index (χ0v) is 11.8. The molecule has 0 amide bonds. The van der Waals surface area contributed by atoms with Crippen LogP contribution in [-0.4, -0.2) is 17.1 Å². The summed E-state index contributed by atoms with van der Waals surface area (Å²) in [6, 6.07) is 10.0. The summed E-state index contributed by atoms with van der Waals surface area (Å²) in [5.74, 6) is 0.469. The van der Waals surface area contributed by atoms with Crippen LogP contribution in [0.4, 0.5) is 11.4 Å². The Morgan fingerprint density at radius 2 is 2.05 bits per heavy atom. The van der Waals surface area contributed by atoms with Gasteiger partial charge >= 0.3 is 0 Å². The van der Waals surface area contributed by atoms with Gasteiger partial charge in [-0.3, -0.25) is 10.1 Å². The molecule has 0 spiro atoms. The van der Waals surface area contributed by atoms with Crippen LogP contribution in [0, 0.1) is 17.0 Å². The second-order valence-electron chi connectivity index (χ2n) is 4.62. The molecule has 6 heteroatoms. The van der Waals surface area contributed by atoms with Crippen LogP contribution in [0.25, 0.3) is 0 Å². The van der Waals surface area contributed by atoms with E-state index in [1.54, 1.807) is 37.3 Å². The van der Waals surface area contributed by atoms with Crippen LogP contribution in [0.15, 0.2) is 36.4 Å². The smallest absolute Gasteiger partial charge is 0.274 e. The van der Waals surface area contributed by atoms with Gasteiger partial charge in [-0.15, -0.1) is 0 Å². The van der Waals surface area contributed by atoms with Crippen molar-refractivity contribution in [2.24, 2.45) is 0 Å². The first-order valence-electron chi connectivity index (χ1n) is 6.36. The molecule has 2 rings (SSSR count). The fourth-order valence-electron chi connectivity index (χ4n) is 1.95. The van der Waals surface area contributed by atoms with Gasteiger partial charge in [0.2, 0.25) is 0 Å². The lowest BCUT2D eigenvalue weighted by Gasteiger charge is -2.09. The molecule has 0 atom stereocenters. The number of nitro benzene ring substituents is 1. The lowest BCUT2D eigenvalue weighted by atomic mass is 10.1. The van der Waals surface area contributed by atoms with Crippen molar-refractivity contribution in [1.82, 2.24) is 0 Å². The van der Waals surface area contributed by atoms with E-state index < -0.39 is 4.92 Å². The standard InChI is InChI=1S/C15H16N2O4/c1-10-3-5-12(8-13(10)17(19)20)16-9-11-4-6-14(18)15(7-11)21-2/h3-8,16,18H,9H2,1-2H3. The van der Waals surface area contributed by atoms with Gasteiger partial charge in [0.05, 0.1) is 12.0 Å². The number of nitrogens with one attached hydrogen (secondary N) is 1. The average Bonchev–Trinajstić information content (AvgIpc) is 2.47. The molecular weight excluding hydrogens is 272 g/mol. The molecule has 0 unspecified atom stereocenters. The van der Waals surface area contributed by atoms with Crippen LogP contribution < -0.4 is 10.1 Å². The van der Waals surface area contributed by atoms with E-state index in [-0.39, 0.29) is 11.4 Å². The van der Waals surface area contributed by atoms with Crippen molar-refractivity contribution in [2.45, 2.75) is 13.5 Å². The molecular formula is C15H16N2O4. The Labute approximate surface area is 122 Å². The number of methoxy groups -OCH3 is 1. The minimum absolute atomic E-state index is 0.0761. The molecule has 0 saturated heterocycles. The van der Waals surface area contributed by atoms with Crippen LogP contribution in [0.3, 0.4) is 0 Å². The zero-order chi connectivity index (χ0) is 15.4. The van der Waals surface area contributed by atoms with Gasteiger partial charge in [-0.25, -0.2) is 0 Å². The van der Waals surface area contributed by atoms with Gasteiger partial charge in [0, 0.05) is 23.9 Å². The summed E-state index contributed by atoms with van der Waals surface area (Å²) < 4.78 is 5.04. The second kappa shape index (κ2) is 6.13. The number of aromatic hydroxyl groups is 1. The molecule has 0 fully saturated rings. The van der Waals surface area contributed by atoms with Crippen molar-refractivity contribution >= 4 is 11.4 Å². The Kier molecular flexibility index (Phi) is 4.27. The van der Waals surface area contributed by atoms with Crippen molar-refractivity contribution in [3.63, 3.8) is 0 Å². The molecule has 21 heavy (non-hydrogen) atoms. The van der Waals surface area contributed by atoms with E-state index >= 15 is 0 Å². The highest BCUT2D eigenvalue weighted by Gasteiger charge is 2.11. The third-order valence-corrected chi connectivity index (χ3v) is 3.15. The van der Waals surface area contributed by atoms with E-state index in [1.807, 2.05) is 0 Å². The van der Waals surface area contributed by atoms with Gasteiger partial charge in [0.1, 0.15) is 0 Å². The lowest BCUT2D eigenvalue weighted by Crippen LogP contribution is -2.01. The minimum Gasteiger partial charge on any atom is -0.504 e. The maximum atomic E-state index is 10.9. The lowest BCUT2D eigenvalue weighted by molar-refractivity contribution is -0.385. The van der Waals surface area contributed by atoms with E-state index in [1.165, 1.54) is 13.2 Å². The van der Waals surface area contributed by atoms with Gasteiger partial charge < -0.3 is 15.2 Å². The molecule has 0 radical (unpaired) electrons. The monoisotopic (exact) mass is 288 g/mol. The summed E-state index contributed by atoms with van der Waals surface area (Å²) in [5, 5.41) is 23.5. The topological polar surface area (TPSA) is 84.6 Å². The predicted molar refractivity (Wildman–Crippen MR) is 79.8 cm³/mol. The van der Waals surface area contributed by atoms with Crippen LogP contribution in [0.5, 0.6) is 11.5 Å². The number of anilines is 1. The van der Waals surface area contributed by atoms with Crippen LogP contribution >= 0.6 is 0 Å². The molecule has 0 aliphatic rings. The molecule has 0 heterocycles. The first-order chi connectivity index (χ1) is 10.0. The fraction of sp³-hybridized carbons (Fsp3) is 0.200. The normalized spacial score (nSPS) is 10.2. The maximum absolute atomic E-state index is 10.9. The van der Waals surface area contributed by atoms with Gasteiger partial charge in [-0.05, 0) is 30.7 Å². The zero-order valence-electron chi connectivity index (χ0n) is 11.8. The maximum Gasteiger partial charge on any atom is 0.274 e. The molecule has 6 nitrogen and oxygen atoms in total. The van der Waals surface area contributed by atoms with E-state index in [2.05, 4.69) is 5.32 Å². The minimum atomic E-state index is -0.399. The summed E-state index contributed by atoms with van der Waals surface area (Å²) in [6.45, 7) is 2.17. The van der Waals surface area contributed by atoms with Crippen molar-refractivity contribution in [3.8, 4) is 11.5 Å². The van der Waals surface area contributed by atoms with Crippen molar-refractivity contribution in [2.75, 3.05) is 12.4 Å². The first-order valence-corrected chi connectivity index (χ1v) is 6.36. The Morgan fingerprint density at radius 3 is 2.71 bits per heavy atom. The van der Waals surface area contributed by atoms with Crippen LogP contribution in [0.2, 0.25) is 0 Å². The number of nitrogens with zero attached hydrogens (tertiary/aromatic N) is 1. The molecule has 2 N–H and O–H groups in total. The third-order valence-electron chi connectivity index (χ3n) is 3.15. The molecule has 0 bridgehead atoms. The average molecular weight is 288 g/mol. The van der Waals surface area contributed by atoms with Crippen molar-refractivity contribution < 1.29 is 14.8 Å². The number of hydrogen-bond acceptors (Lipinski definition) is 5. The van der Waals surface area contributed by atoms with E-state index in [4.69, 9.17) is 4.74 Å². The van der Waals surface area contributed by atoms with Gasteiger partial charge in [0.25, 0.3) is 5.69 Å². The summed E-state index contributed by atoms with van der Waals surface area (Å²) in [4.78, 5) is 10.5. The Morgan fingerprint density at radius 1 is 1.29 bits per heavy atom. The highest BCUT2D eigenvalue weighted by molar-refractivity contribution is 5.55. The number of phenolic OH excluding ortho intramolecular Hbond substituents is 1. The van der Waals surface area contributed by atoms with Gasteiger partial charge in [0.15, 0.2) is 11.5 Å². The molecule has 0 saturated carbocycles. The number of benzene rings is 2. The Balaban J connectivity index is 2.13. The van der Waals surface area contributed by atoms with Crippen LogP contribution in [0.1, 0.15) is 11.1 Å². The second-order valence-corrected chi connectivity index (χ2v) is 4.62. The molecule has 0 aliphatic carbocycles. The number of hydrogen-bond donors (Lipinski definition) is 2. The molecule has 2 aromatic carbocycles. The SMILES string of the molecule is COc1cc(CNc2ccc(C)c([N+](=O)[O-])c2)ccc1O. The van der Waals surface area contributed by atoms with Crippen molar-refractivity contribution in [1.29, 1.82) is 0 Å². The number of ether oxygens (including phenoxy) is 1. The highest BCUT2D eigenvalue weighted by atomic mass is 16.6. The van der Waals surface area contributed by atoms with Crippen LogP contribution in [-0.2, 0) is 6.54 Å². The van der Waals surface area contributed by atoms with Crippen molar-refractivity contribution in [3.05, 3.63) is 57.6 Å². The van der Waals surface area contributed by atoms with Gasteiger partial charge in [-0.2, -0.15) is 0 Å². The highest BCUT2D eigenvalue weighted by Crippen LogP contribution is 2.27. The molecule has 0 aromatic heterocycles. The number of phenols is 1. The Hall–Kier alpha value is -2.76. The van der Waals surface area contributed by atoms with Gasteiger partial charge in [-0.1, -0.05) is 12.1 Å². The largest absolute Gasteiger partial charge is 0.504 e. The number of rotatable bonds is 5. The van der Waals surface area contributed by atoms with E-state index in [0.29, 0.717) is 23.5 Å². The summed E-state index contributed by atoms with van der Waals surface area (Å²) in [7, 11) is 1.48. The summed E-state index contributed by atoms with van der Waals surface area (Å²) >= 11 is 0. The van der Waals surface area contributed by atoms with E-state index in [9.17, 15) is 15.2 Å². The quantitative estimate of drug-likeness (QED) is 0.651. The summed E-state index contributed by atoms with van der Waals surface area (Å²) in [6.07, 6.45) is 0. The summed E-state index contributed by atoms with van der Waals surface area (Å²) in [5.41, 5.74) is 2.27. The molecule has 0 aliphatic heterocycles. The Bertz CT molecular complexity index is 671. The third kappa shape index (κ3) is 3.42. The number of nitro groups is 1. The van der Waals surface area contributed by atoms with E-state index in [0.717, 1.165) is 5.56 Å².